The molecule has 0 aromatic carbocycles. The molecule has 3 atom stereocenters. The van der Waals surface area contributed by atoms with Gasteiger partial charge in [0, 0.05) is 5.41 Å². The molecule has 0 N–H and O–H groups in total. The van der Waals surface area contributed by atoms with Crippen molar-refractivity contribution in [3.05, 3.63) is 0 Å². The van der Waals surface area contributed by atoms with Gasteiger partial charge in [-0.25, -0.2) is 0 Å². The first-order valence-electron chi connectivity index (χ1n) is 4.67. The zero-order chi connectivity index (χ0) is 10.8. The van der Waals surface area contributed by atoms with E-state index < -0.39 is 15.2 Å². The number of carbonyl (C=O) groups is 2. The molecule has 4 heteroatoms. The Morgan fingerprint density at radius 1 is 1.43 bits per heavy atom. The first-order chi connectivity index (χ1) is 6.33. The maximum absolute atomic E-state index is 12.1. The highest BCUT2D eigenvalue weighted by molar-refractivity contribution is 9.13. The summed E-state index contributed by atoms with van der Waals surface area (Å²) in [6.07, 6.45) is 2.51. The Morgan fingerprint density at radius 2 is 2.00 bits per heavy atom. The van der Waals surface area contributed by atoms with E-state index in [4.69, 9.17) is 0 Å². The normalized spacial score (nSPS) is 49.7. The predicted molar refractivity (Wildman–Crippen MR) is 60.9 cm³/mol. The van der Waals surface area contributed by atoms with Gasteiger partial charge in [0.15, 0.2) is 5.78 Å². The maximum atomic E-state index is 12.1. The molecule has 0 unspecified atom stereocenters. The minimum absolute atomic E-state index is 0.0671. The summed E-state index contributed by atoms with van der Waals surface area (Å²) in [6, 6.07) is 0. The Hall–Kier alpha value is 0.300. The highest BCUT2D eigenvalue weighted by atomic mass is 79.9. The summed E-state index contributed by atoms with van der Waals surface area (Å²) in [5, 5.41) is 0. The van der Waals surface area contributed by atoms with Gasteiger partial charge in [-0.2, -0.15) is 0 Å². The summed E-state index contributed by atoms with van der Waals surface area (Å²) in [5.74, 6) is 0.158. The molecule has 0 radical (unpaired) electrons. The van der Waals surface area contributed by atoms with Crippen molar-refractivity contribution in [2.24, 2.45) is 10.8 Å². The molecule has 0 aromatic rings. The number of hydrogen-bond acceptors (Lipinski definition) is 2. The number of rotatable bonds is 1. The van der Waals surface area contributed by atoms with Gasteiger partial charge in [0.25, 0.3) is 0 Å². The molecule has 2 rings (SSSR count). The van der Waals surface area contributed by atoms with E-state index in [0.717, 1.165) is 19.1 Å². The van der Waals surface area contributed by atoms with Gasteiger partial charge in [0.2, 0.25) is 0 Å². The standard InChI is InChI=1S/C10H12Br2O2/c1-8(2)7(14)10(12)4-3-9(8,5-13)6(10)11/h5-6H,3-4H2,1-2H3/t6-,9+,10+/m1/s1. The summed E-state index contributed by atoms with van der Waals surface area (Å²) in [5.41, 5.74) is -1.07. The van der Waals surface area contributed by atoms with Crippen LogP contribution in [0.25, 0.3) is 0 Å². The lowest BCUT2D eigenvalue weighted by Gasteiger charge is -2.36. The van der Waals surface area contributed by atoms with Crippen molar-refractivity contribution in [1.29, 1.82) is 0 Å². The summed E-state index contributed by atoms with van der Waals surface area (Å²) in [6.45, 7) is 3.75. The van der Waals surface area contributed by atoms with Crippen LogP contribution in [0.2, 0.25) is 0 Å². The monoisotopic (exact) mass is 322 g/mol. The third-order valence-corrected chi connectivity index (χ3v) is 7.50. The first kappa shape index (κ1) is 10.8. The second-order valence-electron chi connectivity index (χ2n) is 4.84. The minimum atomic E-state index is -0.551. The van der Waals surface area contributed by atoms with Crippen LogP contribution < -0.4 is 0 Å². The lowest BCUT2D eigenvalue weighted by Crippen LogP contribution is -2.43. The van der Waals surface area contributed by atoms with Crippen molar-refractivity contribution in [1.82, 2.24) is 0 Å². The third-order valence-electron chi connectivity index (χ3n) is 4.08. The van der Waals surface area contributed by atoms with Crippen molar-refractivity contribution in [2.75, 3.05) is 0 Å². The van der Waals surface area contributed by atoms with Crippen LogP contribution in [-0.2, 0) is 9.59 Å². The quantitative estimate of drug-likeness (QED) is 0.549. The smallest absolute Gasteiger partial charge is 0.157 e. The number of halogens is 2. The molecule has 0 heterocycles. The van der Waals surface area contributed by atoms with E-state index in [1.165, 1.54) is 0 Å². The topological polar surface area (TPSA) is 34.1 Å². The zero-order valence-corrected chi connectivity index (χ0v) is 11.3. The summed E-state index contributed by atoms with van der Waals surface area (Å²) >= 11 is 7.04. The van der Waals surface area contributed by atoms with E-state index in [0.29, 0.717) is 0 Å². The molecular formula is C10H12Br2O2. The van der Waals surface area contributed by atoms with E-state index in [1.807, 2.05) is 13.8 Å². The van der Waals surface area contributed by atoms with Gasteiger partial charge in [-0.05, 0) is 12.8 Å². The van der Waals surface area contributed by atoms with Crippen molar-refractivity contribution in [3.8, 4) is 0 Å². The van der Waals surface area contributed by atoms with Crippen molar-refractivity contribution in [3.63, 3.8) is 0 Å². The average molecular weight is 324 g/mol. The average Bonchev–Trinajstić information content (AvgIpc) is 2.45. The molecule has 0 saturated heterocycles. The molecule has 0 amide bonds. The second-order valence-corrected chi connectivity index (χ2v) is 7.17. The zero-order valence-electron chi connectivity index (χ0n) is 8.14. The van der Waals surface area contributed by atoms with E-state index in [-0.39, 0.29) is 10.6 Å². The molecule has 14 heavy (non-hydrogen) atoms. The molecule has 0 spiro atoms. The molecule has 2 saturated carbocycles. The number of carbonyl (C=O) groups excluding carboxylic acids is 2. The number of hydrogen-bond donors (Lipinski definition) is 0. The fourth-order valence-corrected chi connectivity index (χ4v) is 5.35. The van der Waals surface area contributed by atoms with E-state index in [2.05, 4.69) is 31.9 Å². The number of ketones is 1. The Balaban J connectivity index is 2.64. The number of alkyl halides is 2. The van der Waals surface area contributed by atoms with E-state index in [1.54, 1.807) is 0 Å². The van der Waals surface area contributed by atoms with Gasteiger partial charge in [-0.1, -0.05) is 45.7 Å². The third kappa shape index (κ3) is 0.838. The number of Topliss-reactive ketones (excluding diaryl/α,β-unsaturated/α-hetero) is 1. The Morgan fingerprint density at radius 3 is 2.29 bits per heavy atom. The van der Waals surface area contributed by atoms with Crippen LogP contribution in [0.1, 0.15) is 26.7 Å². The van der Waals surface area contributed by atoms with Crippen molar-refractivity contribution in [2.45, 2.75) is 35.8 Å². The first-order valence-corrected chi connectivity index (χ1v) is 6.38. The molecule has 78 valence electrons. The van der Waals surface area contributed by atoms with Crippen LogP contribution in [0.4, 0.5) is 0 Å². The van der Waals surface area contributed by atoms with Crippen molar-refractivity contribution < 1.29 is 9.59 Å². The van der Waals surface area contributed by atoms with Crippen LogP contribution >= 0.6 is 31.9 Å². The van der Waals surface area contributed by atoms with Gasteiger partial charge in [0.1, 0.15) is 6.29 Å². The SMILES string of the molecule is CC1(C)C(=O)[C@]2(Br)CC[C@]1(C=O)[C@H]2Br. The van der Waals surface area contributed by atoms with Gasteiger partial charge < -0.3 is 4.79 Å². The van der Waals surface area contributed by atoms with Crippen LogP contribution in [-0.4, -0.2) is 21.2 Å². The van der Waals surface area contributed by atoms with Crippen LogP contribution in [0.5, 0.6) is 0 Å². The number of fused-ring (bicyclic) bond motifs is 2. The van der Waals surface area contributed by atoms with Gasteiger partial charge >= 0.3 is 0 Å². The highest BCUT2D eigenvalue weighted by Gasteiger charge is 2.74. The Bertz CT molecular complexity index is 326. The minimum Gasteiger partial charge on any atom is -0.303 e. The fraction of sp³-hybridized carbons (Fsp3) is 0.800. The maximum Gasteiger partial charge on any atom is 0.157 e. The van der Waals surface area contributed by atoms with Crippen LogP contribution in [0.15, 0.2) is 0 Å². The Kier molecular flexibility index (Phi) is 2.08. The van der Waals surface area contributed by atoms with Gasteiger partial charge in [-0.3, -0.25) is 4.79 Å². The number of aldehydes is 1. The largest absolute Gasteiger partial charge is 0.303 e. The molecule has 2 aliphatic carbocycles. The summed E-state index contributed by atoms with van der Waals surface area (Å²) in [7, 11) is 0. The van der Waals surface area contributed by atoms with E-state index in [9.17, 15) is 9.59 Å². The predicted octanol–water partition coefficient (Wildman–Crippen LogP) is 2.47. The molecular weight excluding hydrogens is 312 g/mol. The summed E-state index contributed by atoms with van der Waals surface area (Å²) < 4.78 is -0.516. The fourth-order valence-electron chi connectivity index (χ4n) is 2.91. The molecule has 2 fully saturated rings. The van der Waals surface area contributed by atoms with Crippen LogP contribution in [0.3, 0.4) is 0 Å². The van der Waals surface area contributed by atoms with Gasteiger partial charge in [0.05, 0.1) is 14.6 Å². The highest BCUT2D eigenvalue weighted by Crippen LogP contribution is 2.68. The van der Waals surface area contributed by atoms with Gasteiger partial charge in [-0.15, -0.1) is 0 Å². The molecule has 0 aliphatic heterocycles. The lowest BCUT2D eigenvalue weighted by atomic mass is 9.65. The summed E-state index contributed by atoms with van der Waals surface area (Å²) in [4.78, 5) is 23.4. The molecule has 2 bridgehead atoms. The van der Waals surface area contributed by atoms with E-state index >= 15 is 0 Å². The van der Waals surface area contributed by atoms with Crippen molar-refractivity contribution >= 4 is 43.9 Å². The molecule has 0 aromatic heterocycles. The van der Waals surface area contributed by atoms with Crippen LogP contribution in [0, 0.1) is 10.8 Å². The molecule has 2 nitrogen and oxygen atoms in total. The second kappa shape index (κ2) is 2.70. The molecule has 2 aliphatic rings. The lowest BCUT2D eigenvalue weighted by molar-refractivity contribution is -0.136. The Labute approximate surface area is 100 Å².